The van der Waals surface area contributed by atoms with Gasteiger partial charge in [-0.3, -0.25) is 0 Å². The molecule has 166 valence electrons. The van der Waals surface area contributed by atoms with E-state index in [2.05, 4.69) is 67.4 Å². The molecule has 2 aromatic carbocycles. The minimum atomic E-state index is 0.584. The number of aromatic amines is 1. The number of fused-ring (bicyclic) bond motifs is 1. The molecule has 0 bridgehead atoms. The van der Waals surface area contributed by atoms with E-state index in [4.69, 9.17) is 10.7 Å². The van der Waals surface area contributed by atoms with Gasteiger partial charge in [0.2, 0.25) is 5.82 Å². The maximum absolute atomic E-state index is 6.09. The molecule has 0 aliphatic rings. The van der Waals surface area contributed by atoms with Crippen molar-refractivity contribution in [3.05, 3.63) is 71.7 Å². The molecule has 0 unspecified atom stereocenters. The van der Waals surface area contributed by atoms with Crippen LogP contribution in [0.4, 0.5) is 5.69 Å². The van der Waals surface area contributed by atoms with Crippen molar-refractivity contribution in [2.75, 3.05) is 5.73 Å². The molecule has 3 N–H and O–H groups in total. The highest BCUT2D eigenvalue weighted by Crippen LogP contribution is 2.30. The van der Waals surface area contributed by atoms with Gasteiger partial charge in [0.05, 0.1) is 18.4 Å². The van der Waals surface area contributed by atoms with Crippen LogP contribution in [0.1, 0.15) is 36.7 Å². The minimum Gasteiger partial charge on any atom is -0.397 e. The molecule has 0 saturated carbocycles. The van der Waals surface area contributed by atoms with Crippen LogP contribution in [0.25, 0.3) is 33.7 Å². The molecular formula is C25H26N8. The van der Waals surface area contributed by atoms with Crippen molar-refractivity contribution >= 4 is 16.9 Å². The van der Waals surface area contributed by atoms with Crippen LogP contribution in [0.15, 0.2) is 54.7 Å². The predicted octanol–water partition coefficient (Wildman–Crippen LogP) is 4.56. The summed E-state index contributed by atoms with van der Waals surface area (Å²) < 4.78 is 2.22. The largest absolute Gasteiger partial charge is 0.397 e. The standard InChI is InChI=1S/C25H26N8/c1-3-4-9-22-28-23-16(2)21(26)14-27-25(23)33(22)15-17-10-12-18(13-11-17)19-7-5-6-8-20(19)24-29-31-32-30-24/h5-8,10-14H,3-4,9,15,26H2,1-2H3,(H,29,30,31,32). The van der Waals surface area contributed by atoms with Gasteiger partial charge >= 0.3 is 0 Å². The van der Waals surface area contributed by atoms with Gasteiger partial charge in [-0.2, -0.15) is 5.21 Å². The van der Waals surface area contributed by atoms with Gasteiger partial charge in [0.25, 0.3) is 0 Å². The van der Waals surface area contributed by atoms with Crippen molar-refractivity contribution in [2.24, 2.45) is 0 Å². The summed E-state index contributed by atoms with van der Waals surface area (Å²) in [5.74, 6) is 1.64. The van der Waals surface area contributed by atoms with Crippen molar-refractivity contribution in [2.45, 2.75) is 39.7 Å². The molecule has 0 saturated heterocycles. The van der Waals surface area contributed by atoms with Crippen LogP contribution in [-0.4, -0.2) is 35.2 Å². The summed E-state index contributed by atoms with van der Waals surface area (Å²) in [7, 11) is 0. The van der Waals surface area contributed by atoms with Gasteiger partial charge in [-0.1, -0.05) is 61.9 Å². The van der Waals surface area contributed by atoms with E-state index >= 15 is 0 Å². The number of aromatic nitrogens is 7. The third-order valence-electron chi connectivity index (χ3n) is 6.01. The van der Waals surface area contributed by atoms with E-state index in [9.17, 15) is 0 Å². The molecule has 3 aromatic heterocycles. The Balaban J connectivity index is 1.49. The van der Waals surface area contributed by atoms with E-state index in [1.807, 2.05) is 25.1 Å². The number of unbranched alkanes of at least 4 members (excludes halogenated alkanes) is 1. The molecule has 33 heavy (non-hydrogen) atoms. The fourth-order valence-corrected chi connectivity index (χ4v) is 4.11. The molecule has 0 aliphatic heterocycles. The zero-order valence-electron chi connectivity index (χ0n) is 18.8. The second-order valence-electron chi connectivity index (χ2n) is 8.21. The van der Waals surface area contributed by atoms with E-state index in [1.54, 1.807) is 6.20 Å². The van der Waals surface area contributed by atoms with Crippen LogP contribution in [0, 0.1) is 6.92 Å². The number of nitrogens with two attached hydrogens (primary N) is 1. The van der Waals surface area contributed by atoms with Crippen LogP contribution in [0.2, 0.25) is 0 Å². The first-order valence-electron chi connectivity index (χ1n) is 11.2. The number of rotatable bonds is 7. The van der Waals surface area contributed by atoms with E-state index in [0.717, 1.165) is 58.5 Å². The molecule has 5 rings (SSSR count). The molecule has 0 radical (unpaired) electrons. The van der Waals surface area contributed by atoms with Crippen LogP contribution in [0.5, 0.6) is 0 Å². The average Bonchev–Trinajstić information content (AvgIpc) is 3.50. The van der Waals surface area contributed by atoms with Crippen LogP contribution < -0.4 is 5.73 Å². The average molecular weight is 439 g/mol. The second kappa shape index (κ2) is 8.82. The fraction of sp³-hybridized carbons (Fsp3) is 0.240. The molecule has 0 fully saturated rings. The first-order valence-corrected chi connectivity index (χ1v) is 11.2. The highest BCUT2D eigenvalue weighted by Gasteiger charge is 2.16. The first-order chi connectivity index (χ1) is 16.2. The number of anilines is 1. The lowest BCUT2D eigenvalue weighted by atomic mass is 9.98. The second-order valence-corrected chi connectivity index (χ2v) is 8.21. The lowest BCUT2D eigenvalue weighted by Crippen LogP contribution is -2.06. The molecule has 8 heteroatoms. The van der Waals surface area contributed by atoms with Crippen molar-refractivity contribution in [3.63, 3.8) is 0 Å². The predicted molar refractivity (Wildman–Crippen MR) is 129 cm³/mol. The normalized spacial score (nSPS) is 11.3. The van der Waals surface area contributed by atoms with Gasteiger partial charge in [0.15, 0.2) is 5.65 Å². The lowest BCUT2D eigenvalue weighted by molar-refractivity contribution is 0.686. The number of aryl methyl sites for hydroxylation is 2. The molecule has 0 spiro atoms. The monoisotopic (exact) mass is 438 g/mol. The van der Waals surface area contributed by atoms with Gasteiger partial charge in [0, 0.05) is 17.5 Å². The van der Waals surface area contributed by atoms with Gasteiger partial charge in [-0.25, -0.2) is 9.97 Å². The maximum Gasteiger partial charge on any atom is 0.205 e. The summed E-state index contributed by atoms with van der Waals surface area (Å²) in [6.07, 6.45) is 4.86. The summed E-state index contributed by atoms with van der Waals surface area (Å²) >= 11 is 0. The van der Waals surface area contributed by atoms with E-state index < -0.39 is 0 Å². The Morgan fingerprint density at radius 1 is 1.03 bits per heavy atom. The van der Waals surface area contributed by atoms with Crippen molar-refractivity contribution in [1.82, 2.24) is 35.2 Å². The number of nitrogen functional groups attached to an aromatic ring is 1. The quantitative estimate of drug-likeness (QED) is 0.385. The number of imidazole rings is 1. The lowest BCUT2D eigenvalue weighted by Gasteiger charge is -2.11. The van der Waals surface area contributed by atoms with Crippen LogP contribution >= 0.6 is 0 Å². The van der Waals surface area contributed by atoms with Gasteiger partial charge < -0.3 is 10.3 Å². The number of benzene rings is 2. The number of nitrogens with one attached hydrogen (secondary N) is 1. The zero-order valence-corrected chi connectivity index (χ0v) is 18.8. The summed E-state index contributed by atoms with van der Waals surface area (Å²) in [6.45, 7) is 4.91. The molecule has 0 atom stereocenters. The molecule has 8 nitrogen and oxygen atoms in total. The van der Waals surface area contributed by atoms with Crippen molar-refractivity contribution in [1.29, 1.82) is 0 Å². The van der Waals surface area contributed by atoms with Crippen LogP contribution in [0.3, 0.4) is 0 Å². The van der Waals surface area contributed by atoms with Gasteiger partial charge in [-0.15, -0.1) is 10.2 Å². The maximum atomic E-state index is 6.09. The number of tetrazole rings is 1. The first kappa shape index (κ1) is 20.8. The number of pyridine rings is 1. The Morgan fingerprint density at radius 2 is 1.82 bits per heavy atom. The van der Waals surface area contributed by atoms with Crippen LogP contribution in [-0.2, 0) is 13.0 Å². The van der Waals surface area contributed by atoms with E-state index in [0.29, 0.717) is 18.1 Å². The SMILES string of the molecule is CCCCc1nc2c(C)c(N)cnc2n1Cc1ccc(-c2ccccc2-c2nn[nH]n2)cc1. The van der Waals surface area contributed by atoms with Crippen molar-refractivity contribution in [3.8, 4) is 22.5 Å². The Kier molecular flexibility index (Phi) is 5.56. The van der Waals surface area contributed by atoms with E-state index in [-0.39, 0.29) is 0 Å². The number of H-pyrrole nitrogens is 1. The van der Waals surface area contributed by atoms with Crippen molar-refractivity contribution < 1.29 is 0 Å². The molecule has 3 heterocycles. The highest BCUT2D eigenvalue weighted by molar-refractivity contribution is 5.81. The van der Waals surface area contributed by atoms with Gasteiger partial charge in [-0.05, 0) is 35.2 Å². The highest BCUT2D eigenvalue weighted by atomic mass is 15.5. The Labute approximate surface area is 191 Å². The van der Waals surface area contributed by atoms with Gasteiger partial charge in [0.1, 0.15) is 11.3 Å². The van der Waals surface area contributed by atoms with E-state index in [1.165, 1.54) is 5.56 Å². The molecule has 0 aliphatic carbocycles. The topological polar surface area (TPSA) is 111 Å². The third kappa shape index (κ3) is 3.95. The molecular weight excluding hydrogens is 412 g/mol. The summed E-state index contributed by atoms with van der Waals surface area (Å²) in [5, 5.41) is 14.5. The summed E-state index contributed by atoms with van der Waals surface area (Å²) in [5.41, 5.74) is 13.8. The summed E-state index contributed by atoms with van der Waals surface area (Å²) in [4.78, 5) is 9.53. The fourth-order valence-electron chi connectivity index (χ4n) is 4.11. The summed E-state index contributed by atoms with van der Waals surface area (Å²) in [6, 6.07) is 16.7. The Bertz CT molecular complexity index is 1380. The Hall–Kier alpha value is -4.07. The smallest absolute Gasteiger partial charge is 0.205 e. The number of hydrogen-bond acceptors (Lipinski definition) is 6. The third-order valence-corrected chi connectivity index (χ3v) is 6.01. The zero-order chi connectivity index (χ0) is 22.8. The number of hydrogen-bond donors (Lipinski definition) is 2. The Morgan fingerprint density at radius 3 is 2.55 bits per heavy atom. The molecule has 5 aromatic rings. The number of nitrogens with zero attached hydrogens (tertiary/aromatic N) is 6. The minimum absolute atomic E-state index is 0.584. The molecule has 0 amide bonds.